The van der Waals surface area contributed by atoms with Gasteiger partial charge in [0.25, 0.3) is 5.91 Å². The number of benzene rings is 1. The Bertz CT molecular complexity index is 875. The molecule has 2 aromatic rings. The topological polar surface area (TPSA) is 33.5 Å². The molecule has 1 aliphatic heterocycles. The summed E-state index contributed by atoms with van der Waals surface area (Å²) in [6.45, 7) is 3.98. The molecule has 0 aliphatic carbocycles. The van der Waals surface area contributed by atoms with Gasteiger partial charge in [-0.25, -0.2) is 4.39 Å². The molecule has 7 heteroatoms. The molecule has 1 aliphatic rings. The molecule has 0 unspecified atom stereocenters. The first kappa shape index (κ1) is 17.1. The van der Waals surface area contributed by atoms with Crippen molar-refractivity contribution in [3.63, 3.8) is 0 Å². The lowest BCUT2D eigenvalue weighted by Crippen LogP contribution is -2.27. The van der Waals surface area contributed by atoms with Crippen molar-refractivity contribution in [1.82, 2.24) is 4.90 Å². The predicted octanol–water partition coefficient (Wildman–Crippen LogP) is 5.24. The van der Waals surface area contributed by atoms with Gasteiger partial charge in [0.1, 0.15) is 21.7 Å². The first-order valence-electron chi connectivity index (χ1n) is 6.91. The van der Waals surface area contributed by atoms with Crippen LogP contribution < -0.4 is 0 Å². The van der Waals surface area contributed by atoms with Gasteiger partial charge in [-0.3, -0.25) is 9.69 Å². The number of nitrogens with zero attached hydrogens (tertiary/aromatic N) is 1. The van der Waals surface area contributed by atoms with Crippen LogP contribution in [0.2, 0.25) is 0 Å². The van der Waals surface area contributed by atoms with E-state index in [-0.39, 0.29) is 11.7 Å². The summed E-state index contributed by atoms with van der Waals surface area (Å²) in [6, 6.07) is 8.10. The van der Waals surface area contributed by atoms with Crippen molar-refractivity contribution < 1.29 is 13.6 Å². The van der Waals surface area contributed by atoms with Crippen LogP contribution in [0.15, 0.2) is 56.8 Å². The molecule has 1 aromatic heterocycles. The summed E-state index contributed by atoms with van der Waals surface area (Å²) in [4.78, 5) is 14.2. The molecule has 0 atom stereocenters. The van der Waals surface area contributed by atoms with Crippen molar-refractivity contribution in [1.29, 1.82) is 0 Å². The largest absolute Gasteiger partial charge is 0.457 e. The van der Waals surface area contributed by atoms with Crippen molar-refractivity contribution in [2.24, 2.45) is 0 Å². The van der Waals surface area contributed by atoms with Crippen LogP contribution in [0, 0.1) is 5.82 Å². The monoisotopic (exact) mass is 423 g/mol. The zero-order valence-corrected chi connectivity index (χ0v) is 15.5. The summed E-state index contributed by atoms with van der Waals surface area (Å²) in [7, 11) is 0. The van der Waals surface area contributed by atoms with E-state index in [2.05, 4.69) is 22.5 Å². The van der Waals surface area contributed by atoms with Crippen molar-refractivity contribution in [2.45, 2.75) is 0 Å². The maximum absolute atomic E-state index is 14.0. The van der Waals surface area contributed by atoms with Crippen molar-refractivity contribution in [2.75, 3.05) is 6.54 Å². The Morgan fingerprint density at radius 1 is 1.38 bits per heavy atom. The Morgan fingerprint density at radius 2 is 2.17 bits per heavy atom. The van der Waals surface area contributed by atoms with E-state index in [1.807, 2.05) is 0 Å². The molecule has 2 heterocycles. The lowest BCUT2D eigenvalue weighted by molar-refractivity contribution is -0.121. The predicted molar refractivity (Wildman–Crippen MR) is 102 cm³/mol. The Balaban J connectivity index is 1.88. The van der Waals surface area contributed by atoms with E-state index < -0.39 is 0 Å². The van der Waals surface area contributed by atoms with Gasteiger partial charge in [0.15, 0.2) is 0 Å². The van der Waals surface area contributed by atoms with Crippen molar-refractivity contribution >= 4 is 56.2 Å². The van der Waals surface area contributed by atoms with E-state index in [1.54, 1.807) is 36.4 Å². The second-order valence-corrected chi connectivity index (χ2v) is 7.50. The number of hydrogen-bond donors (Lipinski definition) is 0. The molecular weight excluding hydrogens is 413 g/mol. The maximum Gasteiger partial charge on any atom is 0.266 e. The molecule has 3 rings (SSSR count). The first-order valence-corrected chi connectivity index (χ1v) is 8.93. The standard InChI is InChI=1S/C17H11BrFNO2S2/c1-2-7-20-16(21)15(24-17(20)23)9-11-4-6-14(22-11)12-5-3-10(18)8-13(12)19/h2-6,8-9H,1,7H2/b15-9-. The van der Waals surface area contributed by atoms with Crippen LogP contribution >= 0.6 is 39.9 Å². The fraction of sp³-hybridized carbons (Fsp3) is 0.0588. The molecular formula is C17H11BrFNO2S2. The van der Waals surface area contributed by atoms with Crippen LogP contribution in [-0.2, 0) is 4.79 Å². The number of amides is 1. The smallest absolute Gasteiger partial charge is 0.266 e. The maximum atomic E-state index is 14.0. The number of carbonyl (C=O) groups is 1. The molecule has 1 aromatic carbocycles. The number of thiocarbonyl (C=S) groups is 1. The van der Waals surface area contributed by atoms with Gasteiger partial charge in [0.05, 0.1) is 10.5 Å². The normalized spacial score (nSPS) is 16.2. The van der Waals surface area contributed by atoms with E-state index in [1.165, 1.54) is 22.7 Å². The highest BCUT2D eigenvalue weighted by Crippen LogP contribution is 2.34. The summed E-state index contributed by atoms with van der Waals surface area (Å²) < 4.78 is 20.8. The number of carbonyl (C=O) groups excluding carboxylic acids is 1. The molecule has 1 amide bonds. The highest BCUT2D eigenvalue weighted by atomic mass is 79.9. The molecule has 1 saturated heterocycles. The zero-order valence-electron chi connectivity index (χ0n) is 12.3. The fourth-order valence-electron chi connectivity index (χ4n) is 2.18. The van der Waals surface area contributed by atoms with Gasteiger partial charge in [0, 0.05) is 17.1 Å². The average Bonchev–Trinajstić information content (AvgIpc) is 3.08. The number of furan rings is 1. The number of thioether (sulfide) groups is 1. The molecule has 0 saturated carbocycles. The third-order valence-electron chi connectivity index (χ3n) is 3.28. The summed E-state index contributed by atoms with van der Waals surface area (Å²) in [6.07, 6.45) is 3.23. The van der Waals surface area contributed by atoms with Gasteiger partial charge in [-0.2, -0.15) is 0 Å². The van der Waals surface area contributed by atoms with Crippen LogP contribution in [0.25, 0.3) is 17.4 Å². The fourth-order valence-corrected chi connectivity index (χ4v) is 3.77. The third-order valence-corrected chi connectivity index (χ3v) is 5.15. The second-order valence-electron chi connectivity index (χ2n) is 4.91. The van der Waals surface area contributed by atoms with Crippen LogP contribution in [0.4, 0.5) is 4.39 Å². The molecule has 24 heavy (non-hydrogen) atoms. The SMILES string of the molecule is C=CCN1C(=O)/C(=C/c2ccc(-c3ccc(Br)cc3F)o2)SC1=S. The summed E-state index contributed by atoms with van der Waals surface area (Å²) >= 11 is 9.61. The summed E-state index contributed by atoms with van der Waals surface area (Å²) in [5, 5.41) is 0. The van der Waals surface area contributed by atoms with Gasteiger partial charge in [-0.15, -0.1) is 6.58 Å². The third kappa shape index (κ3) is 3.38. The minimum atomic E-state index is -0.386. The van der Waals surface area contributed by atoms with E-state index in [0.29, 0.717) is 37.3 Å². The van der Waals surface area contributed by atoms with E-state index in [0.717, 1.165) is 0 Å². The Labute approximate surface area is 156 Å². The van der Waals surface area contributed by atoms with Gasteiger partial charge < -0.3 is 4.42 Å². The zero-order chi connectivity index (χ0) is 17.3. The van der Waals surface area contributed by atoms with Crippen molar-refractivity contribution in [3.8, 4) is 11.3 Å². The van der Waals surface area contributed by atoms with Gasteiger partial charge >= 0.3 is 0 Å². The number of rotatable bonds is 4. The molecule has 0 radical (unpaired) electrons. The number of hydrogen-bond acceptors (Lipinski definition) is 4. The average molecular weight is 424 g/mol. The van der Waals surface area contributed by atoms with Gasteiger partial charge in [-0.1, -0.05) is 46.0 Å². The van der Waals surface area contributed by atoms with Gasteiger partial charge in [-0.05, 0) is 30.3 Å². The molecule has 0 bridgehead atoms. The lowest BCUT2D eigenvalue weighted by atomic mass is 10.1. The van der Waals surface area contributed by atoms with E-state index in [4.69, 9.17) is 16.6 Å². The van der Waals surface area contributed by atoms with Crippen LogP contribution in [0.5, 0.6) is 0 Å². The second kappa shape index (κ2) is 7.04. The highest BCUT2D eigenvalue weighted by molar-refractivity contribution is 9.10. The molecule has 3 nitrogen and oxygen atoms in total. The quantitative estimate of drug-likeness (QED) is 0.382. The summed E-state index contributed by atoms with van der Waals surface area (Å²) in [5.41, 5.74) is 0.358. The molecule has 1 fully saturated rings. The molecule has 0 N–H and O–H groups in total. The summed E-state index contributed by atoms with van der Waals surface area (Å²) in [5.74, 6) is 0.291. The van der Waals surface area contributed by atoms with Crippen LogP contribution in [0.1, 0.15) is 5.76 Å². The first-order chi connectivity index (χ1) is 11.5. The minimum Gasteiger partial charge on any atom is -0.457 e. The van der Waals surface area contributed by atoms with E-state index >= 15 is 0 Å². The van der Waals surface area contributed by atoms with Crippen LogP contribution in [0.3, 0.4) is 0 Å². The number of halogens is 2. The Kier molecular flexibility index (Phi) is 5.03. The van der Waals surface area contributed by atoms with Gasteiger partial charge in [0.2, 0.25) is 0 Å². The van der Waals surface area contributed by atoms with Crippen LogP contribution in [-0.4, -0.2) is 21.7 Å². The van der Waals surface area contributed by atoms with E-state index in [9.17, 15) is 9.18 Å². The molecule has 0 spiro atoms. The van der Waals surface area contributed by atoms with Crippen molar-refractivity contribution in [3.05, 3.63) is 63.9 Å². The minimum absolute atomic E-state index is 0.183. The Morgan fingerprint density at radius 3 is 2.88 bits per heavy atom. The highest BCUT2D eigenvalue weighted by Gasteiger charge is 2.31. The molecule has 122 valence electrons. The Hall–Kier alpha value is -1.70. The lowest BCUT2D eigenvalue weighted by Gasteiger charge is -2.10.